The average molecular weight is 602 g/mol. The largest absolute Gasteiger partial charge is 0.394 e. The molecule has 0 saturated carbocycles. The Bertz CT molecular complexity index is 1780. The molecule has 14 heteroatoms. The van der Waals surface area contributed by atoms with Gasteiger partial charge in [0.25, 0.3) is 17.4 Å². The second-order valence-electron chi connectivity index (χ2n) is 10.7. The summed E-state index contributed by atoms with van der Waals surface area (Å²) in [5.74, 6) is 1.75. The van der Waals surface area contributed by atoms with Crippen molar-refractivity contribution >= 4 is 34.3 Å². The lowest BCUT2D eigenvalue weighted by atomic mass is 10.1. The molecule has 3 N–H and O–H groups in total. The maximum atomic E-state index is 13.0. The molecule has 1 aliphatic rings. The van der Waals surface area contributed by atoms with E-state index in [2.05, 4.69) is 25.8 Å². The van der Waals surface area contributed by atoms with Crippen molar-refractivity contribution in [2.45, 2.75) is 32.7 Å². The number of hydrogen-bond donors (Lipinski definition) is 3. The highest BCUT2D eigenvalue weighted by atomic mass is 16.5. The lowest BCUT2D eigenvalue weighted by Crippen LogP contribution is -2.36. The van der Waals surface area contributed by atoms with Crippen LogP contribution < -0.4 is 21.1 Å². The first-order valence-corrected chi connectivity index (χ1v) is 14.4. The smallest absolute Gasteiger partial charge is 0.278 e. The van der Waals surface area contributed by atoms with Crippen LogP contribution in [0.2, 0.25) is 0 Å². The second kappa shape index (κ2) is 12.8. The molecule has 1 saturated heterocycles. The van der Waals surface area contributed by atoms with Crippen LogP contribution in [0.25, 0.3) is 22.5 Å². The first kappa shape index (κ1) is 29.3. The molecule has 0 aliphatic carbocycles. The molecule has 44 heavy (non-hydrogen) atoms. The molecule has 5 aromatic rings. The van der Waals surface area contributed by atoms with E-state index in [1.54, 1.807) is 31.5 Å². The molecule has 0 spiro atoms. The van der Waals surface area contributed by atoms with E-state index in [0.717, 1.165) is 5.56 Å². The number of morpholine rings is 1. The van der Waals surface area contributed by atoms with Gasteiger partial charge in [-0.2, -0.15) is 4.98 Å². The number of fused-ring (bicyclic) bond motifs is 1. The SMILES string of the molecule is COCn1c(=O)c2ccc(Nc3cc(N[C@H](CO)c4ccccc4)c(-c4nc(N5CCOCC5)no4)cn3)nc2n1C(C)C. The van der Waals surface area contributed by atoms with Gasteiger partial charge >= 0.3 is 0 Å². The van der Waals surface area contributed by atoms with Gasteiger partial charge in [-0.15, -0.1) is 0 Å². The molecule has 4 aromatic heterocycles. The van der Waals surface area contributed by atoms with Gasteiger partial charge in [0, 0.05) is 38.5 Å². The van der Waals surface area contributed by atoms with Crippen molar-refractivity contribution in [1.29, 1.82) is 0 Å². The lowest BCUT2D eigenvalue weighted by molar-refractivity contribution is 0.103. The highest BCUT2D eigenvalue weighted by Crippen LogP contribution is 2.33. The zero-order valence-electron chi connectivity index (χ0n) is 24.8. The van der Waals surface area contributed by atoms with Crippen LogP contribution in [0.1, 0.15) is 31.5 Å². The zero-order valence-corrected chi connectivity index (χ0v) is 24.8. The average Bonchev–Trinajstić information content (AvgIpc) is 3.64. The van der Waals surface area contributed by atoms with Gasteiger partial charge in [-0.25, -0.2) is 14.6 Å². The molecule has 0 radical (unpaired) electrons. The van der Waals surface area contributed by atoms with E-state index < -0.39 is 6.04 Å². The molecular weight excluding hydrogens is 566 g/mol. The van der Waals surface area contributed by atoms with E-state index in [-0.39, 0.29) is 30.8 Å². The minimum atomic E-state index is -0.415. The standard InChI is InChI=1S/C30H35N9O5/c1-19(2)39-27-21(29(41)38(39)18-42-3)9-10-25(34-27)33-26-15-23(32-24(17-40)20-7-5-4-6-8-20)22(16-31-26)28-35-30(36-44-28)37-11-13-43-14-12-37/h4-10,15-16,19,24,40H,11-14,17-18H2,1-3H3,(H2,31,32,33,34)/t24-/m1/s1. The Labute approximate surface area is 253 Å². The van der Waals surface area contributed by atoms with Gasteiger partial charge in [-0.1, -0.05) is 30.3 Å². The van der Waals surface area contributed by atoms with Gasteiger partial charge in [0.1, 0.15) is 18.4 Å². The monoisotopic (exact) mass is 601 g/mol. The fraction of sp³-hybridized carbons (Fsp3) is 0.367. The molecule has 230 valence electrons. The van der Waals surface area contributed by atoms with Crippen molar-refractivity contribution in [2.75, 3.05) is 55.6 Å². The molecule has 0 bridgehead atoms. The zero-order chi connectivity index (χ0) is 30.6. The third kappa shape index (κ3) is 5.86. The van der Waals surface area contributed by atoms with Crippen molar-refractivity contribution in [1.82, 2.24) is 29.5 Å². The number of aromatic nitrogens is 6. The first-order chi connectivity index (χ1) is 21.5. The number of nitrogens with zero attached hydrogens (tertiary/aromatic N) is 7. The number of methoxy groups -OCH3 is 1. The summed E-state index contributed by atoms with van der Waals surface area (Å²) >= 11 is 0. The molecule has 0 amide bonds. The predicted molar refractivity (Wildman–Crippen MR) is 165 cm³/mol. The first-order valence-electron chi connectivity index (χ1n) is 14.4. The van der Waals surface area contributed by atoms with Gasteiger partial charge in [0.15, 0.2) is 5.65 Å². The van der Waals surface area contributed by atoms with Crippen molar-refractivity contribution in [3.05, 3.63) is 70.6 Å². The van der Waals surface area contributed by atoms with E-state index in [4.69, 9.17) is 19.0 Å². The highest BCUT2D eigenvalue weighted by molar-refractivity contribution is 5.79. The van der Waals surface area contributed by atoms with Gasteiger partial charge in [-0.05, 0) is 36.7 Å². The summed E-state index contributed by atoms with van der Waals surface area (Å²) in [6, 6.07) is 14.5. The summed E-state index contributed by atoms with van der Waals surface area (Å²) in [4.78, 5) is 29.0. The molecule has 14 nitrogen and oxygen atoms in total. The third-order valence-corrected chi connectivity index (χ3v) is 7.37. The maximum Gasteiger partial charge on any atom is 0.278 e. The number of rotatable bonds is 11. The molecule has 1 aliphatic heterocycles. The number of anilines is 4. The van der Waals surface area contributed by atoms with E-state index in [9.17, 15) is 9.90 Å². The van der Waals surface area contributed by atoms with Crippen LogP contribution in [-0.4, -0.2) is 74.6 Å². The summed E-state index contributed by atoms with van der Waals surface area (Å²) in [5, 5.41) is 21.7. The molecule has 0 unspecified atom stereocenters. The van der Waals surface area contributed by atoms with Crippen LogP contribution in [0.5, 0.6) is 0 Å². The predicted octanol–water partition coefficient (Wildman–Crippen LogP) is 3.55. The summed E-state index contributed by atoms with van der Waals surface area (Å²) in [7, 11) is 1.55. The van der Waals surface area contributed by atoms with Crippen LogP contribution in [0, 0.1) is 0 Å². The number of benzene rings is 1. The van der Waals surface area contributed by atoms with Crippen molar-refractivity contribution < 1.29 is 19.1 Å². The second-order valence-corrected chi connectivity index (χ2v) is 10.7. The van der Waals surface area contributed by atoms with Crippen molar-refractivity contribution in [3.63, 3.8) is 0 Å². The van der Waals surface area contributed by atoms with Gasteiger partial charge in [0.2, 0.25) is 0 Å². The molecule has 1 fully saturated rings. The summed E-state index contributed by atoms with van der Waals surface area (Å²) < 4.78 is 19.7. The number of hydrogen-bond acceptors (Lipinski definition) is 12. The van der Waals surface area contributed by atoms with E-state index in [0.29, 0.717) is 66.2 Å². The van der Waals surface area contributed by atoms with Crippen LogP contribution in [-0.2, 0) is 16.2 Å². The van der Waals surface area contributed by atoms with E-state index in [1.165, 1.54) is 4.68 Å². The van der Waals surface area contributed by atoms with Crippen molar-refractivity contribution in [3.8, 4) is 11.5 Å². The number of aliphatic hydroxyl groups excluding tert-OH is 1. The minimum Gasteiger partial charge on any atom is -0.394 e. The van der Waals surface area contributed by atoms with Crippen LogP contribution in [0.15, 0.2) is 64.0 Å². The molecular formula is C30H35N9O5. The van der Waals surface area contributed by atoms with Crippen LogP contribution in [0.4, 0.5) is 23.3 Å². The summed E-state index contributed by atoms with van der Waals surface area (Å²) in [6.07, 6.45) is 1.64. The fourth-order valence-corrected chi connectivity index (χ4v) is 5.25. The van der Waals surface area contributed by atoms with Crippen LogP contribution in [0.3, 0.4) is 0 Å². The van der Waals surface area contributed by atoms with Gasteiger partial charge in [0.05, 0.1) is 42.5 Å². The Balaban J connectivity index is 1.36. The summed E-state index contributed by atoms with van der Waals surface area (Å²) in [5.41, 5.74) is 2.47. The molecule has 5 heterocycles. The number of nitrogens with one attached hydrogen (secondary N) is 2. The molecule has 6 rings (SSSR count). The van der Waals surface area contributed by atoms with E-state index in [1.807, 2.05) is 53.8 Å². The lowest BCUT2D eigenvalue weighted by Gasteiger charge is -2.24. The highest BCUT2D eigenvalue weighted by Gasteiger charge is 2.22. The Hall–Kier alpha value is -4.79. The third-order valence-electron chi connectivity index (χ3n) is 7.37. The molecule has 1 atom stereocenters. The molecule has 1 aromatic carbocycles. The Kier molecular flexibility index (Phi) is 8.54. The van der Waals surface area contributed by atoms with E-state index >= 15 is 0 Å². The normalized spacial score (nSPS) is 14.3. The topological polar surface area (TPSA) is 158 Å². The van der Waals surface area contributed by atoms with Crippen LogP contribution >= 0.6 is 0 Å². The number of aliphatic hydroxyl groups is 1. The van der Waals surface area contributed by atoms with Crippen molar-refractivity contribution in [2.24, 2.45) is 0 Å². The summed E-state index contributed by atoms with van der Waals surface area (Å²) in [6.45, 7) is 6.46. The maximum absolute atomic E-state index is 13.0. The van der Waals surface area contributed by atoms with Gasteiger partial charge < -0.3 is 34.6 Å². The number of ether oxygens (including phenoxy) is 2. The fourth-order valence-electron chi connectivity index (χ4n) is 5.25. The Morgan fingerprint density at radius 3 is 2.59 bits per heavy atom. The van der Waals surface area contributed by atoms with Gasteiger partial charge in [-0.3, -0.25) is 9.48 Å². The number of pyridine rings is 2. The Morgan fingerprint density at radius 2 is 1.86 bits per heavy atom. The quantitative estimate of drug-likeness (QED) is 0.203. The Morgan fingerprint density at radius 1 is 1.07 bits per heavy atom. The minimum absolute atomic E-state index is 0.0310.